The standard InChI is InChI=1S/C14H10F2N2O4/c15-14(16)22-12-6-1-3-9(7-12)13(19)17-10-4-2-5-11(8-10)18(20)21/h1-8,14H,(H,17,19). The average Bonchev–Trinajstić information content (AvgIpc) is 2.47. The summed E-state index contributed by atoms with van der Waals surface area (Å²) >= 11 is 0. The van der Waals surface area contributed by atoms with Gasteiger partial charge in [-0.15, -0.1) is 0 Å². The molecule has 0 aliphatic rings. The Kier molecular flexibility index (Phi) is 4.62. The summed E-state index contributed by atoms with van der Waals surface area (Å²) in [6.07, 6.45) is 0. The van der Waals surface area contributed by atoms with Gasteiger partial charge in [-0.3, -0.25) is 14.9 Å². The SMILES string of the molecule is O=C(Nc1cccc([N+](=O)[O-])c1)c1cccc(OC(F)F)c1. The second-order valence-electron chi connectivity index (χ2n) is 4.17. The Hall–Kier alpha value is -3.03. The van der Waals surface area contributed by atoms with Crippen LogP contribution >= 0.6 is 0 Å². The number of nitro benzene ring substituents is 1. The third-order valence-electron chi connectivity index (χ3n) is 2.64. The van der Waals surface area contributed by atoms with E-state index in [9.17, 15) is 23.7 Å². The Morgan fingerprint density at radius 1 is 1.18 bits per heavy atom. The zero-order valence-corrected chi connectivity index (χ0v) is 11.0. The van der Waals surface area contributed by atoms with Gasteiger partial charge in [0.05, 0.1) is 4.92 Å². The summed E-state index contributed by atoms with van der Waals surface area (Å²) in [4.78, 5) is 22.1. The lowest BCUT2D eigenvalue weighted by Gasteiger charge is -2.08. The molecule has 0 heterocycles. The number of non-ortho nitro benzene ring substituents is 1. The molecule has 2 aromatic rings. The van der Waals surface area contributed by atoms with Crippen molar-refractivity contribution < 1.29 is 23.2 Å². The molecule has 1 amide bonds. The van der Waals surface area contributed by atoms with E-state index >= 15 is 0 Å². The highest BCUT2D eigenvalue weighted by atomic mass is 19.3. The molecule has 0 saturated heterocycles. The first kappa shape index (κ1) is 15.4. The molecule has 1 N–H and O–H groups in total. The van der Waals surface area contributed by atoms with E-state index in [0.29, 0.717) is 0 Å². The number of carbonyl (C=O) groups excluding carboxylic acids is 1. The van der Waals surface area contributed by atoms with Gasteiger partial charge in [-0.05, 0) is 24.3 Å². The van der Waals surface area contributed by atoms with Gasteiger partial charge in [0.15, 0.2) is 0 Å². The van der Waals surface area contributed by atoms with Crippen LogP contribution in [0.25, 0.3) is 0 Å². The van der Waals surface area contributed by atoms with E-state index < -0.39 is 17.4 Å². The maximum atomic E-state index is 12.1. The molecule has 0 radical (unpaired) electrons. The third kappa shape index (κ3) is 3.98. The molecule has 0 spiro atoms. The van der Waals surface area contributed by atoms with Crippen molar-refractivity contribution in [1.82, 2.24) is 0 Å². The van der Waals surface area contributed by atoms with Crippen molar-refractivity contribution in [3.63, 3.8) is 0 Å². The van der Waals surface area contributed by atoms with Gasteiger partial charge in [-0.25, -0.2) is 0 Å². The van der Waals surface area contributed by atoms with E-state index in [1.54, 1.807) is 0 Å². The second-order valence-corrected chi connectivity index (χ2v) is 4.17. The molecule has 114 valence electrons. The molecule has 0 atom stereocenters. The van der Waals surface area contributed by atoms with Crippen LogP contribution < -0.4 is 10.1 Å². The maximum Gasteiger partial charge on any atom is 0.387 e. The smallest absolute Gasteiger partial charge is 0.387 e. The molecule has 0 aliphatic heterocycles. The largest absolute Gasteiger partial charge is 0.435 e. The molecule has 2 rings (SSSR count). The van der Waals surface area contributed by atoms with Crippen molar-refractivity contribution in [1.29, 1.82) is 0 Å². The topological polar surface area (TPSA) is 81.5 Å². The van der Waals surface area contributed by atoms with Gasteiger partial charge in [0.2, 0.25) is 0 Å². The molecule has 22 heavy (non-hydrogen) atoms. The Bertz CT molecular complexity index is 707. The number of hydrogen-bond donors (Lipinski definition) is 1. The Labute approximate surface area is 123 Å². The van der Waals surface area contributed by atoms with E-state index in [1.165, 1.54) is 42.5 Å². The first-order valence-electron chi connectivity index (χ1n) is 6.06. The van der Waals surface area contributed by atoms with Crippen molar-refractivity contribution in [2.24, 2.45) is 0 Å². The van der Waals surface area contributed by atoms with E-state index in [1.807, 2.05) is 0 Å². The van der Waals surface area contributed by atoms with Gasteiger partial charge in [-0.2, -0.15) is 8.78 Å². The molecule has 6 nitrogen and oxygen atoms in total. The predicted molar refractivity (Wildman–Crippen MR) is 74.1 cm³/mol. The first-order chi connectivity index (χ1) is 10.5. The fraction of sp³-hybridized carbons (Fsp3) is 0.0714. The van der Waals surface area contributed by atoms with Gasteiger partial charge < -0.3 is 10.1 Å². The van der Waals surface area contributed by atoms with Crippen LogP contribution in [0.5, 0.6) is 5.75 Å². The summed E-state index contributed by atoms with van der Waals surface area (Å²) in [6, 6.07) is 10.6. The minimum Gasteiger partial charge on any atom is -0.435 e. The third-order valence-corrected chi connectivity index (χ3v) is 2.64. The Morgan fingerprint density at radius 3 is 2.59 bits per heavy atom. The minimum absolute atomic E-state index is 0.0876. The monoisotopic (exact) mass is 308 g/mol. The number of amides is 1. The van der Waals surface area contributed by atoms with Crippen LogP contribution in [-0.2, 0) is 0 Å². The highest BCUT2D eigenvalue weighted by molar-refractivity contribution is 6.04. The summed E-state index contributed by atoms with van der Waals surface area (Å²) in [5, 5.41) is 13.1. The van der Waals surface area contributed by atoms with Crippen LogP contribution in [0.3, 0.4) is 0 Å². The second kappa shape index (κ2) is 6.61. The average molecular weight is 308 g/mol. The van der Waals surface area contributed by atoms with Crippen LogP contribution in [0.2, 0.25) is 0 Å². The number of hydrogen-bond acceptors (Lipinski definition) is 4. The van der Waals surface area contributed by atoms with Crippen molar-refractivity contribution in [3.8, 4) is 5.75 Å². The zero-order valence-electron chi connectivity index (χ0n) is 11.0. The molecule has 8 heteroatoms. The molecule has 0 fully saturated rings. The lowest BCUT2D eigenvalue weighted by Crippen LogP contribution is -2.12. The molecule has 0 bridgehead atoms. The van der Waals surface area contributed by atoms with Gasteiger partial charge in [-0.1, -0.05) is 12.1 Å². The number of carbonyl (C=O) groups is 1. The Morgan fingerprint density at radius 2 is 1.91 bits per heavy atom. The van der Waals surface area contributed by atoms with Crippen LogP contribution in [-0.4, -0.2) is 17.4 Å². The fourth-order valence-electron chi connectivity index (χ4n) is 1.71. The van der Waals surface area contributed by atoms with Crippen LogP contribution in [0.15, 0.2) is 48.5 Å². The number of rotatable bonds is 5. The molecule has 2 aromatic carbocycles. The highest BCUT2D eigenvalue weighted by Gasteiger charge is 2.11. The summed E-state index contributed by atoms with van der Waals surface area (Å²) < 4.78 is 28.5. The van der Waals surface area contributed by atoms with Gasteiger partial charge in [0.25, 0.3) is 11.6 Å². The fourth-order valence-corrected chi connectivity index (χ4v) is 1.71. The van der Waals surface area contributed by atoms with Crippen molar-refractivity contribution >= 4 is 17.3 Å². The van der Waals surface area contributed by atoms with E-state index in [-0.39, 0.29) is 22.7 Å². The summed E-state index contributed by atoms with van der Waals surface area (Å²) in [5.41, 5.74) is 0.136. The minimum atomic E-state index is -2.99. The van der Waals surface area contributed by atoms with E-state index in [0.717, 1.165) is 6.07 Å². The van der Waals surface area contributed by atoms with Crippen molar-refractivity contribution in [2.75, 3.05) is 5.32 Å². The molecule has 0 saturated carbocycles. The van der Waals surface area contributed by atoms with E-state index in [4.69, 9.17) is 0 Å². The van der Waals surface area contributed by atoms with Crippen LogP contribution in [0.4, 0.5) is 20.2 Å². The number of nitrogens with zero attached hydrogens (tertiary/aromatic N) is 1. The molecule has 0 aromatic heterocycles. The first-order valence-corrected chi connectivity index (χ1v) is 6.06. The Balaban J connectivity index is 2.15. The highest BCUT2D eigenvalue weighted by Crippen LogP contribution is 2.20. The normalized spacial score (nSPS) is 10.3. The number of anilines is 1. The number of nitro groups is 1. The lowest BCUT2D eigenvalue weighted by molar-refractivity contribution is -0.384. The zero-order chi connectivity index (χ0) is 16.1. The van der Waals surface area contributed by atoms with Crippen molar-refractivity contribution in [2.45, 2.75) is 6.61 Å². The number of benzene rings is 2. The summed E-state index contributed by atoms with van der Waals surface area (Å²) in [7, 11) is 0. The van der Waals surface area contributed by atoms with Crippen LogP contribution in [0, 0.1) is 10.1 Å². The summed E-state index contributed by atoms with van der Waals surface area (Å²) in [5.74, 6) is -0.748. The number of ether oxygens (including phenoxy) is 1. The maximum absolute atomic E-state index is 12.1. The molecular formula is C14H10F2N2O4. The lowest BCUT2D eigenvalue weighted by atomic mass is 10.2. The molecular weight excluding hydrogens is 298 g/mol. The number of nitrogens with one attached hydrogen (secondary N) is 1. The quantitative estimate of drug-likeness (QED) is 0.677. The number of alkyl halides is 2. The van der Waals surface area contributed by atoms with Gasteiger partial charge in [0, 0.05) is 23.4 Å². The van der Waals surface area contributed by atoms with Crippen LogP contribution in [0.1, 0.15) is 10.4 Å². The van der Waals surface area contributed by atoms with Gasteiger partial charge in [0.1, 0.15) is 5.75 Å². The number of halogens is 2. The molecule has 0 aliphatic carbocycles. The summed E-state index contributed by atoms with van der Waals surface area (Å²) in [6.45, 7) is -2.99. The predicted octanol–water partition coefficient (Wildman–Crippen LogP) is 3.45. The van der Waals surface area contributed by atoms with E-state index in [2.05, 4.69) is 10.1 Å². The molecule has 0 unspecified atom stereocenters. The van der Waals surface area contributed by atoms with Gasteiger partial charge >= 0.3 is 6.61 Å². The van der Waals surface area contributed by atoms with Crippen molar-refractivity contribution in [3.05, 3.63) is 64.2 Å².